The largest absolute Gasteiger partial charge is 0.481 e. The van der Waals surface area contributed by atoms with Gasteiger partial charge >= 0.3 is 11.9 Å². The fourth-order valence-electron chi connectivity index (χ4n) is 0.298. The number of hydrogen-bond donors (Lipinski definition) is 2. The molecule has 0 bridgehead atoms. The molecule has 0 fully saturated rings. The van der Waals surface area contributed by atoms with Crippen LogP contribution in [0.4, 0.5) is 0 Å². The predicted octanol–water partition coefficient (Wildman–Crippen LogP) is 0.162. The van der Waals surface area contributed by atoms with Gasteiger partial charge in [-0.25, -0.2) is 4.79 Å². The van der Waals surface area contributed by atoms with Gasteiger partial charge in [-0.05, 0) is 6.92 Å². The first-order valence-corrected chi connectivity index (χ1v) is 2.44. The molecule has 0 aromatic carbocycles. The SMILES string of the molecule is [CH2][C@H](C(=C)C(=O)O)C(=O)O. The fraction of sp³-hybridized carbons (Fsp3) is 0.167. The van der Waals surface area contributed by atoms with Crippen LogP contribution in [0, 0.1) is 12.8 Å². The minimum atomic E-state index is -1.33. The van der Waals surface area contributed by atoms with Gasteiger partial charge in [0.1, 0.15) is 0 Å². The monoisotopic (exact) mass is 143 g/mol. The molecule has 4 heteroatoms. The zero-order valence-corrected chi connectivity index (χ0v) is 5.20. The molecule has 1 atom stereocenters. The number of rotatable bonds is 3. The molecule has 0 unspecified atom stereocenters. The van der Waals surface area contributed by atoms with Gasteiger partial charge in [0.25, 0.3) is 0 Å². The van der Waals surface area contributed by atoms with Gasteiger partial charge in [-0.3, -0.25) is 4.79 Å². The van der Waals surface area contributed by atoms with Crippen LogP contribution in [0.15, 0.2) is 12.2 Å². The third-order valence-electron chi connectivity index (χ3n) is 0.993. The van der Waals surface area contributed by atoms with E-state index in [0.29, 0.717) is 0 Å². The normalized spacial score (nSPS) is 12.1. The van der Waals surface area contributed by atoms with E-state index in [0.717, 1.165) is 0 Å². The van der Waals surface area contributed by atoms with Crippen LogP contribution in [0.3, 0.4) is 0 Å². The highest BCUT2D eigenvalue weighted by Crippen LogP contribution is 2.06. The highest BCUT2D eigenvalue weighted by Gasteiger charge is 2.19. The summed E-state index contributed by atoms with van der Waals surface area (Å²) in [5.41, 5.74) is -0.410. The van der Waals surface area contributed by atoms with E-state index in [4.69, 9.17) is 10.2 Å². The fourth-order valence-corrected chi connectivity index (χ4v) is 0.298. The van der Waals surface area contributed by atoms with Crippen molar-refractivity contribution in [2.45, 2.75) is 0 Å². The van der Waals surface area contributed by atoms with E-state index in [2.05, 4.69) is 13.5 Å². The van der Waals surface area contributed by atoms with E-state index in [-0.39, 0.29) is 0 Å². The Balaban J connectivity index is 4.22. The summed E-state index contributed by atoms with van der Waals surface area (Å²) in [6, 6.07) is 0. The van der Waals surface area contributed by atoms with E-state index in [1.54, 1.807) is 0 Å². The van der Waals surface area contributed by atoms with Crippen molar-refractivity contribution in [3.63, 3.8) is 0 Å². The molecule has 0 aromatic rings. The van der Waals surface area contributed by atoms with Gasteiger partial charge in [-0.1, -0.05) is 6.58 Å². The lowest BCUT2D eigenvalue weighted by Gasteiger charge is -2.02. The minimum absolute atomic E-state index is 0.410. The molecule has 4 nitrogen and oxygen atoms in total. The zero-order valence-electron chi connectivity index (χ0n) is 5.20. The number of carboxylic acids is 2. The van der Waals surface area contributed by atoms with Crippen LogP contribution in [-0.2, 0) is 9.59 Å². The lowest BCUT2D eigenvalue weighted by Crippen LogP contribution is -2.17. The van der Waals surface area contributed by atoms with Crippen molar-refractivity contribution in [2.24, 2.45) is 5.92 Å². The van der Waals surface area contributed by atoms with Crippen molar-refractivity contribution in [3.8, 4) is 0 Å². The first-order valence-electron chi connectivity index (χ1n) is 2.44. The third-order valence-corrected chi connectivity index (χ3v) is 0.993. The summed E-state index contributed by atoms with van der Waals surface area (Å²) in [7, 11) is 0. The first-order chi connectivity index (χ1) is 4.46. The summed E-state index contributed by atoms with van der Waals surface area (Å²) >= 11 is 0. The molecule has 0 aliphatic rings. The molecule has 0 rings (SSSR count). The minimum Gasteiger partial charge on any atom is -0.481 e. The van der Waals surface area contributed by atoms with Crippen molar-refractivity contribution in [1.29, 1.82) is 0 Å². The van der Waals surface area contributed by atoms with E-state index in [1.165, 1.54) is 0 Å². The summed E-state index contributed by atoms with van der Waals surface area (Å²) in [6.45, 7) is 6.11. The average molecular weight is 143 g/mol. The standard InChI is InChI=1S/C6H7O4/c1-3(5(7)8)4(2)6(9)10/h3H,1-2H2,(H,7,8)(H,9,10)/t3-/m1/s1. The second-order valence-corrected chi connectivity index (χ2v) is 1.72. The van der Waals surface area contributed by atoms with Crippen LogP contribution < -0.4 is 0 Å². The van der Waals surface area contributed by atoms with Gasteiger partial charge in [-0.15, -0.1) is 0 Å². The molecule has 0 saturated carbocycles. The molecule has 0 saturated heterocycles. The lowest BCUT2D eigenvalue weighted by atomic mass is 10.0. The Morgan fingerprint density at radius 1 is 1.30 bits per heavy atom. The summed E-state index contributed by atoms with van der Waals surface area (Å²) in [4.78, 5) is 20.1. The Labute approximate surface area is 57.8 Å². The Morgan fingerprint density at radius 2 is 1.70 bits per heavy atom. The van der Waals surface area contributed by atoms with Crippen molar-refractivity contribution < 1.29 is 19.8 Å². The quantitative estimate of drug-likeness (QED) is 0.552. The number of hydrogen-bond acceptors (Lipinski definition) is 2. The molecule has 0 spiro atoms. The highest BCUT2D eigenvalue weighted by molar-refractivity contribution is 5.93. The van der Waals surface area contributed by atoms with Crippen LogP contribution in [0.5, 0.6) is 0 Å². The molecule has 0 aliphatic heterocycles. The molecule has 0 amide bonds. The second kappa shape index (κ2) is 3.00. The summed E-state index contributed by atoms with van der Waals surface area (Å²) in [5, 5.41) is 16.4. The third kappa shape index (κ3) is 1.89. The summed E-state index contributed by atoms with van der Waals surface area (Å²) in [5.74, 6) is -3.88. The Bertz CT molecular complexity index is 182. The molecule has 1 radical (unpaired) electrons. The van der Waals surface area contributed by atoms with Gasteiger partial charge < -0.3 is 10.2 Å². The van der Waals surface area contributed by atoms with Gasteiger partial charge in [0, 0.05) is 5.57 Å². The number of carboxylic acid groups (broad SMARTS) is 2. The molecule has 2 N–H and O–H groups in total. The molecule has 10 heavy (non-hydrogen) atoms. The van der Waals surface area contributed by atoms with Gasteiger partial charge in [0.05, 0.1) is 5.92 Å². The highest BCUT2D eigenvalue weighted by atomic mass is 16.4. The molecule has 0 aliphatic carbocycles. The summed E-state index contributed by atoms with van der Waals surface area (Å²) < 4.78 is 0. The van der Waals surface area contributed by atoms with Crippen LogP contribution in [0.1, 0.15) is 0 Å². The molecule has 0 heterocycles. The Hall–Kier alpha value is -1.32. The van der Waals surface area contributed by atoms with Gasteiger partial charge in [0.2, 0.25) is 0 Å². The van der Waals surface area contributed by atoms with Crippen molar-refractivity contribution in [3.05, 3.63) is 19.1 Å². The second-order valence-electron chi connectivity index (χ2n) is 1.72. The van der Waals surface area contributed by atoms with Crippen LogP contribution >= 0.6 is 0 Å². The van der Waals surface area contributed by atoms with Gasteiger partial charge in [-0.2, -0.15) is 0 Å². The lowest BCUT2D eigenvalue weighted by molar-refractivity contribution is -0.142. The first kappa shape index (κ1) is 8.68. The van der Waals surface area contributed by atoms with Crippen molar-refractivity contribution in [1.82, 2.24) is 0 Å². The smallest absolute Gasteiger partial charge is 0.331 e. The zero-order chi connectivity index (χ0) is 8.31. The maximum absolute atomic E-state index is 10.1. The average Bonchev–Trinajstić information content (AvgIpc) is 1.84. The van der Waals surface area contributed by atoms with Crippen molar-refractivity contribution in [2.75, 3.05) is 0 Å². The molecule has 55 valence electrons. The summed E-state index contributed by atoms with van der Waals surface area (Å²) in [6.07, 6.45) is 0. The molecular formula is C6H7O4. The Morgan fingerprint density at radius 3 is 1.80 bits per heavy atom. The topological polar surface area (TPSA) is 74.6 Å². The van der Waals surface area contributed by atoms with Crippen LogP contribution in [-0.4, -0.2) is 22.2 Å². The Kier molecular flexibility index (Phi) is 2.61. The maximum atomic E-state index is 10.1. The maximum Gasteiger partial charge on any atom is 0.331 e. The van der Waals surface area contributed by atoms with E-state index in [1.807, 2.05) is 0 Å². The number of aliphatic carboxylic acids is 2. The number of carbonyl (C=O) groups is 2. The van der Waals surface area contributed by atoms with E-state index < -0.39 is 23.4 Å². The van der Waals surface area contributed by atoms with Crippen LogP contribution in [0.2, 0.25) is 0 Å². The predicted molar refractivity (Wildman–Crippen MR) is 33.3 cm³/mol. The molecular weight excluding hydrogens is 136 g/mol. The van der Waals surface area contributed by atoms with Crippen molar-refractivity contribution >= 4 is 11.9 Å². The van der Waals surface area contributed by atoms with E-state index in [9.17, 15) is 9.59 Å². The van der Waals surface area contributed by atoms with Crippen LogP contribution in [0.25, 0.3) is 0 Å². The molecule has 0 aromatic heterocycles. The van der Waals surface area contributed by atoms with Gasteiger partial charge in [0.15, 0.2) is 0 Å². The van der Waals surface area contributed by atoms with E-state index >= 15 is 0 Å².